The van der Waals surface area contributed by atoms with Gasteiger partial charge in [-0.15, -0.1) is 0 Å². The molecule has 0 aromatic rings. The highest BCUT2D eigenvalue weighted by molar-refractivity contribution is 5.71. The quantitative estimate of drug-likeness (QED) is 0.0261. The van der Waals surface area contributed by atoms with E-state index in [1.807, 2.05) is 0 Å². The first-order valence-corrected chi connectivity index (χ1v) is 37.7. The molecule has 0 radical (unpaired) electrons. The van der Waals surface area contributed by atoms with Crippen molar-refractivity contribution in [1.29, 1.82) is 0 Å². The van der Waals surface area contributed by atoms with Crippen molar-refractivity contribution in [2.45, 2.75) is 444 Å². The highest BCUT2D eigenvalue weighted by atomic mass is 16.6. The van der Waals surface area contributed by atoms with Crippen LogP contribution >= 0.6 is 0 Å². The summed E-state index contributed by atoms with van der Waals surface area (Å²) in [5, 5.41) is 0. The van der Waals surface area contributed by atoms with Gasteiger partial charge in [-0.2, -0.15) is 0 Å². The third kappa shape index (κ3) is 68.9. The molecule has 0 aliphatic heterocycles. The summed E-state index contributed by atoms with van der Waals surface area (Å²) in [4.78, 5) is 38.5. The van der Waals surface area contributed by atoms with E-state index in [1.165, 1.54) is 340 Å². The van der Waals surface area contributed by atoms with E-state index in [0.717, 1.165) is 57.8 Å². The fourth-order valence-corrected chi connectivity index (χ4v) is 11.9. The van der Waals surface area contributed by atoms with Gasteiger partial charge >= 0.3 is 17.9 Å². The topological polar surface area (TPSA) is 78.9 Å². The molecule has 0 bridgehead atoms. The second-order valence-electron chi connectivity index (χ2n) is 25.9. The van der Waals surface area contributed by atoms with E-state index in [4.69, 9.17) is 14.2 Å². The number of hydrogen-bond donors (Lipinski definition) is 0. The summed E-state index contributed by atoms with van der Waals surface area (Å²) in [6.07, 6.45) is 86.8. The van der Waals surface area contributed by atoms with E-state index in [-0.39, 0.29) is 31.1 Å². The zero-order chi connectivity index (χ0) is 59.2. The average Bonchev–Trinajstić information content (AvgIpc) is 3.47. The number of carbonyl (C=O) groups excluding carboxylic acids is 3. The fourth-order valence-electron chi connectivity index (χ4n) is 11.9. The maximum absolute atomic E-state index is 13.0. The normalized spacial score (nSPS) is 12.0. The number of hydrogen-bond acceptors (Lipinski definition) is 6. The first-order chi connectivity index (χ1) is 40.5. The average molecular weight is 1160 g/mol. The Morgan fingerprint density at radius 1 is 0.232 bits per heavy atom. The van der Waals surface area contributed by atoms with Crippen LogP contribution in [-0.4, -0.2) is 37.2 Å². The summed E-state index contributed by atoms with van der Waals surface area (Å²) < 4.78 is 17.1. The van der Waals surface area contributed by atoms with Crippen molar-refractivity contribution in [2.75, 3.05) is 13.2 Å². The maximum Gasteiger partial charge on any atom is 0.306 e. The summed E-state index contributed by atoms with van der Waals surface area (Å²) >= 11 is 0. The third-order valence-corrected chi connectivity index (χ3v) is 17.5. The Bertz CT molecular complexity index is 1280. The van der Waals surface area contributed by atoms with Gasteiger partial charge in [-0.1, -0.05) is 386 Å². The molecule has 0 fully saturated rings. The number of esters is 3. The summed E-state index contributed by atoms with van der Waals surface area (Å²) in [5.41, 5.74) is 0. The molecule has 0 aliphatic rings. The standard InChI is InChI=1S/C76H146O6/c1-4-7-10-13-16-19-22-25-28-31-33-35-37-38-39-41-42-45-48-51-54-57-60-63-66-69-75(78)81-72-73(71-80-74(77)68-65-62-59-56-53-50-47-44-30-27-24-21-18-15-12-9-6-3)82-76(79)70-67-64-61-58-55-52-49-46-43-40-36-34-32-29-26-23-20-17-14-11-8-5-2/h31,33,73H,4-30,32,34-72H2,1-3H3/b33-31-. The van der Waals surface area contributed by atoms with Crippen LogP contribution in [0.4, 0.5) is 0 Å². The molecule has 0 saturated heterocycles. The first-order valence-electron chi connectivity index (χ1n) is 37.7. The number of rotatable bonds is 71. The van der Waals surface area contributed by atoms with Crippen LogP contribution in [0.1, 0.15) is 438 Å². The lowest BCUT2D eigenvalue weighted by molar-refractivity contribution is -0.167. The smallest absolute Gasteiger partial charge is 0.306 e. The molecule has 1 unspecified atom stereocenters. The van der Waals surface area contributed by atoms with Gasteiger partial charge in [-0.05, 0) is 44.9 Å². The zero-order valence-corrected chi connectivity index (χ0v) is 56.1. The predicted molar refractivity (Wildman–Crippen MR) is 358 cm³/mol. The van der Waals surface area contributed by atoms with Gasteiger partial charge in [0.05, 0.1) is 0 Å². The largest absolute Gasteiger partial charge is 0.462 e. The minimum Gasteiger partial charge on any atom is -0.462 e. The van der Waals surface area contributed by atoms with E-state index in [0.29, 0.717) is 19.3 Å². The Morgan fingerprint density at radius 3 is 0.610 bits per heavy atom. The van der Waals surface area contributed by atoms with Gasteiger partial charge in [0, 0.05) is 19.3 Å². The molecule has 0 spiro atoms. The van der Waals surface area contributed by atoms with Crippen LogP contribution in [0.3, 0.4) is 0 Å². The highest BCUT2D eigenvalue weighted by Crippen LogP contribution is 2.20. The number of allylic oxidation sites excluding steroid dienone is 2. The van der Waals surface area contributed by atoms with E-state index in [2.05, 4.69) is 32.9 Å². The second-order valence-corrected chi connectivity index (χ2v) is 25.9. The molecule has 0 aromatic heterocycles. The predicted octanol–water partition coefficient (Wildman–Crippen LogP) is 26.0. The fraction of sp³-hybridized carbons (Fsp3) is 0.934. The highest BCUT2D eigenvalue weighted by Gasteiger charge is 2.20. The van der Waals surface area contributed by atoms with Crippen molar-refractivity contribution in [2.24, 2.45) is 0 Å². The first kappa shape index (κ1) is 80.2. The Labute approximate surface area is 513 Å². The van der Waals surface area contributed by atoms with Crippen molar-refractivity contribution in [3.05, 3.63) is 12.2 Å². The van der Waals surface area contributed by atoms with E-state index in [9.17, 15) is 14.4 Å². The van der Waals surface area contributed by atoms with Crippen LogP contribution in [0.15, 0.2) is 12.2 Å². The Morgan fingerprint density at radius 2 is 0.402 bits per heavy atom. The van der Waals surface area contributed by atoms with Crippen molar-refractivity contribution < 1.29 is 28.6 Å². The number of unbranched alkanes of at least 4 members (excludes halogenated alkanes) is 58. The Kier molecular flexibility index (Phi) is 70.0. The van der Waals surface area contributed by atoms with Crippen LogP contribution < -0.4 is 0 Å². The third-order valence-electron chi connectivity index (χ3n) is 17.5. The number of carbonyl (C=O) groups is 3. The monoisotopic (exact) mass is 1160 g/mol. The van der Waals surface area contributed by atoms with Crippen molar-refractivity contribution in [3.63, 3.8) is 0 Å². The van der Waals surface area contributed by atoms with E-state index in [1.54, 1.807) is 0 Å². The molecule has 0 N–H and O–H groups in total. The van der Waals surface area contributed by atoms with Gasteiger partial charge in [-0.25, -0.2) is 0 Å². The molecule has 6 heteroatoms. The van der Waals surface area contributed by atoms with Gasteiger partial charge < -0.3 is 14.2 Å². The minimum absolute atomic E-state index is 0.0620. The lowest BCUT2D eigenvalue weighted by Gasteiger charge is -2.18. The molecule has 0 heterocycles. The van der Waals surface area contributed by atoms with E-state index >= 15 is 0 Å². The molecule has 0 aromatic carbocycles. The van der Waals surface area contributed by atoms with Crippen LogP contribution in [0.2, 0.25) is 0 Å². The summed E-state index contributed by atoms with van der Waals surface area (Å²) in [5.74, 6) is -0.820. The maximum atomic E-state index is 13.0. The van der Waals surface area contributed by atoms with Gasteiger partial charge in [0.2, 0.25) is 0 Å². The molecule has 1 atom stereocenters. The Balaban J connectivity index is 4.25. The van der Waals surface area contributed by atoms with Gasteiger partial charge in [-0.3, -0.25) is 14.4 Å². The zero-order valence-electron chi connectivity index (χ0n) is 56.1. The van der Waals surface area contributed by atoms with Gasteiger partial charge in [0.25, 0.3) is 0 Å². The summed E-state index contributed by atoms with van der Waals surface area (Å²) in [6, 6.07) is 0. The lowest BCUT2D eigenvalue weighted by Crippen LogP contribution is -2.30. The molecule has 82 heavy (non-hydrogen) atoms. The van der Waals surface area contributed by atoms with Gasteiger partial charge in [0.15, 0.2) is 6.10 Å². The van der Waals surface area contributed by atoms with Crippen molar-refractivity contribution in [1.82, 2.24) is 0 Å². The molecule has 486 valence electrons. The van der Waals surface area contributed by atoms with E-state index < -0.39 is 6.10 Å². The molecular formula is C76H146O6. The molecular weight excluding hydrogens is 1010 g/mol. The van der Waals surface area contributed by atoms with Crippen LogP contribution in [0, 0.1) is 0 Å². The SMILES string of the molecule is CCCCCCCCCC/C=C\CCCCCCCCCCCCCCCC(=O)OCC(COC(=O)CCCCCCCCCCCCCCCCCCC)OC(=O)CCCCCCCCCCCCCCCCCCCCCCCC. The van der Waals surface area contributed by atoms with Crippen molar-refractivity contribution >= 4 is 17.9 Å². The van der Waals surface area contributed by atoms with Crippen LogP contribution in [0.25, 0.3) is 0 Å². The Hall–Kier alpha value is -1.85. The van der Waals surface area contributed by atoms with Crippen LogP contribution in [-0.2, 0) is 28.6 Å². The van der Waals surface area contributed by atoms with Crippen LogP contribution in [0.5, 0.6) is 0 Å². The molecule has 0 saturated carbocycles. The summed E-state index contributed by atoms with van der Waals surface area (Å²) in [6.45, 7) is 6.75. The minimum atomic E-state index is -0.767. The molecule has 0 amide bonds. The molecule has 0 rings (SSSR count). The van der Waals surface area contributed by atoms with Crippen molar-refractivity contribution in [3.8, 4) is 0 Å². The number of ether oxygens (including phenoxy) is 3. The molecule has 0 aliphatic carbocycles. The molecule has 6 nitrogen and oxygen atoms in total. The summed E-state index contributed by atoms with van der Waals surface area (Å²) in [7, 11) is 0. The lowest BCUT2D eigenvalue weighted by atomic mass is 10.0. The second kappa shape index (κ2) is 71.6. The van der Waals surface area contributed by atoms with Gasteiger partial charge in [0.1, 0.15) is 13.2 Å².